The standard InChI is InChI=1S/C15H14BrNO2/c1-10-4-3-5-13(6-10)17(2)14-8-11(15(18)19)7-12(16)9-14/h3-9H,1-2H3,(H,18,19). The van der Waals surface area contributed by atoms with E-state index in [4.69, 9.17) is 5.11 Å². The van der Waals surface area contributed by atoms with Gasteiger partial charge in [-0.25, -0.2) is 4.79 Å². The fourth-order valence-electron chi connectivity index (χ4n) is 1.88. The summed E-state index contributed by atoms with van der Waals surface area (Å²) in [5.41, 5.74) is 3.29. The van der Waals surface area contributed by atoms with Gasteiger partial charge in [0.25, 0.3) is 0 Å². The second-order valence-electron chi connectivity index (χ2n) is 4.40. The number of hydrogen-bond acceptors (Lipinski definition) is 2. The molecule has 0 atom stereocenters. The molecule has 0 unspecified atom stereocenters. The van der Waals surface area contributed by atoms with Crippen LogP contribution in [0.3, 0.4) is 0 Å². The largest absolute Gasteiger partial charge is 0.478 e. The molecule has 19 heavy (non-hydrogen) atoms. The van der Waals surface area contributed by atoms with Crippen molar-refractivity contribution in [2.75, 3.05) is 11.9 Å². The molecule has 0 aliphatic carbocycles. The molecule has 1 N–H and O–H groups in total. The minimum absolute atomic E-state index is 0.267. The highest BCUT2D eigenvalue weighted by molar-refractivity contribution is 9.10. The number of carboxylic acid groups (broad SMARTS) is 1. The van der Waals surface area contributed by atoms with Gasteiger partial charge in [-0.15, -0.1) is 0 Å². The van der Waals surface area contributed by atoms with Crippen LogP contribution in [-0.2, 0) is 0 Å². The van der Waals surface area contributed by atoms with Crippen LogP contribution in [0.1, 0.15) is 15.9 Å². The van der Waals surface area contributed by atoms with Gasteiger partial charge in [-0.2, -0.15) is 0 Å². The van der Waals surface area contributed by atoms with Crippen molar-refractivity contribution in [3.8, 4) is 0 Å². The first-order valence-electron chi connectivity index (χ1n) is 5.81. The van der Waals surface area contributed by atoms with Crippen LogP contribution in [0.15, 0.2) is 46.9 Å². The zero-order valence-electron chi connectivity index (χ0n) is 10.7. The number of nitrogens with zero attached hydrogens (tertiary/aromatic N) is 1. The topological polar surface area (TPSA) is 40.5 Å². The fraction of sp³-hybridized carbons (Fsp3) is 0.133. The summed E-state index contributed by atoms with van der Waals surface area (Å²) in [6.45, 7) is 2.03. The van der Waals surface area contributed by atoms with Crippen LogP contribution in [0.4, 0.5) is 11.4 Å². The quantitative estimate of drug-likeness (QED) is 0.920. The lowest BCUT2D eigenvalue weighted by molar-refractivity contribution is 0.0697. The lowest BCUT2D eigenvalue weighted by Crippen LogP contribution is -2.10. The molecule has 0 saturated heterocycles. The van der Waals surface area contributed by atoms with Gasteiger partial charge in [-0.1, -0.05) is 28.1 Å². The number of aromatic carboxylic acids is 1. The number of rotatable bonds is 3. The Bertz CT molecular complexity index is 625. The Morgan fingerprint density at radius 1 is 1.16 bits per heavy atom. The van der Waals surface area contributed by atoms with E-state index in [0.29, 0.717) is 0 Å². The summed E-state index contributed by atoms with van der Waals surface area (Å²) in [6, 6.07) is 13.2. The SMILES string of the molecule is Cc1cccc(N(C)c2cc(Br)cc(C(=O)O)c2)c1. The van der Waals surface area contributed by atoms with Crippen LogP contribution in [0.5, 0.6) is 0 Å². The first-order chi connectivity index (χ1) is 8.97. The lowest BCUT2D eigenvalue weighted by Gasteiger charge is -2.20. The van der Waals surface area contributed by atoms with Crippen LogP contribution < -0.4 is 4.90 Å². The zero-order valence-corrected chi connectivity index (χ0v) is 12.3. The highest BCUT2D eigenvalue weighted by atomic mass is 79.9. The molecule has 0 bridgehead atoms. The maximum Gasteiger partial charge on any atom is 0.335 e. The van der Waals surface area contributed by atoms with E-state index in [1.54, 1.807) is 12.1 Å². The van der Waals surface area contributed by atoms with Gasteiger partial charge in [-0.3, -0.25) is 0 Å². The van der Waals surface area contributed by atoms with Gasteiger partial charge >= 0.3 is 5.97 Å². The van der Waals surface area contributed by atoms with Gasteiger partial charge in [0.05, 0.1) is 5.56 Å². The van der Waals surface area contributed by atoms with Crippen molar-refractivity contribution in [3.05, 3.63) is 58.1 Å². The second kappa shape index (κ2) is 5.45. The van der Waals surface area contributed by atoms with E-state index in [1.807, 2.05) is 43.1 Å². The smallest absolute Gasteiger partial charge is 0.335 e. The molecule has 0 amide bonds. The Labute approximate surface area is 120 Å². The predicted octanol–water partition coefficient (Wildman–Crippen LogP) is 4.22. The minimum atomic E-state index is -0.930. The van der Waals surface area contributed by atoms with E-state index in [0.717, 1.165) is 21.4 Å². The number of halogens is 1. The third-order valence-electron chi connectivity index (χ3n) is 2.91. The highest BCUT2D eigenvalue weighted by Gasteiger charge is 2.10. The monoisotopic (exact) mass is 319 g/mol. The van der Waals surface area contributed by atoms with Crippen LogP contribution >= 0.6 is 15.9 Å². The average Bonchev–Trinajstić information content (AvgIpc) is 2.37. The van der Waals surface area contributed by atoms with Gasteiger partial charge in [0.2, 0.25) is 0 Å². The Morgan fingerprint density at radius 2 is 1.89 bits per heavy atom. The molecule has 2 aromatic rings. The fourth-order valence-corrected chi connectivity index (χ4v) is 2.36. The third kappa shape index (κ3) is 3.15. The van der Waals surface area contributed by atoms with Crippen LogP contribution in [0.2, 0.25) is 0 Å². The summed E-state index contributed by atoms with van der Waals surface area (Å²) in [5.74, 6) is -0.930. The van der Waals surface area contributed by atoms with Crippen LogP contribution in [0.25, 0.3) is 0 Å². The molecular weight excluding hydrogens is 306 g/mol. The van der Waals surface area contributed by atoms with Gasteiger partial charge in [-0.05, 0) is 42.8 Å². The summed E-state index contributed by atoms with van der Waals surface area (Å²) in [7, 11) is 1.92. The van der Waals surface area contributed by atoms with E-state index in [9.17, 15) is 4.79 Å². The number of aryl methyl sites for hydroxylation is 1. The maximum absolute atomic E-state index is 11.1. The van der Waals surface area contributed by atoms with E-state index < -0.39 is 5.97 Å². The van der Waals surface area contributed by atoms with Crippen molar-refractivity contribution in [1.82, 2.24) is 0 Å². The number of anilines is 2. The van der Waals surface area contributed by atoms with Crippen molar-refractivity contribution >= 4 is 33.3 Å². The molecule has 0 aliphatic rings. The van der Waals surface area contributed by atoms with Gasteiger partial charge in [0.1, 0.15) is 0 Å². The summed E-state index contributed by atoms with van der Waals surface area (Å²) < 4.78 is 0.752. The lowest BCUT2D eigenvalue weighted by atomic mass is 10.1. The van der Waals surface area contributed by atoms with Gasteiger partial charge < -0.3 is 10.0 Å². The average molecular weight is 320 g/mol. The molecule has 0 heterocycles. The molecule has 4 heteroatoms. The summed E-state index contributed by atoms with van der Waals surface area (Å²) in [5, 5.41) is 9.09. The molecular formula is C15H14BrNO2. The Kier molecular flexibility index (Phi) is 3.90. The molecule has 2 aromatic carbocycles. The number of carboxylic acids is 1. The number of hydrogen-bond donors (Lipinski definition) is 1. The zero-order chi connectivity index (χ0) is 14.0. The molecule has 0 fully saturated rings. The summed E-state index contributed by atoms with van der Waals surface area (Å²) >= 11 is 3.35. The van der Waals surface area contributed by atoms with Crippen molar-refractivity contribution < 1.29 is 9.90 Å². The Morgan fingerprint density at radius 3 is 2.53 bits per heavy atom. The first kappa shape index (κ1) is 13.6. The number of carbonyl (C=O) groups is 1. The van der Waals surface area contributed by atoms with Gasteiger partial charge in [0, 0.05) is 22.9 Å². The molecule has 0 saturated carbocycles. The summed E-state index contributed by atoms with van der Waals surface area (Å²) in [6.07, 6.45) is 0. The molecule has 0 radical (unpaired) electrons. The predicted molar refractivity (Wildman–Crippen MR) is 80.3 cm³/mol. The van der Waals surface area contributed by atoms with Gasteiger partial charge in [0.15, 0.2) is 0 Å². The van der Waals surface area contributed by atoms with Crippen molar-refractivity contribution in [2.45, 2.75) is 6.92 Å². The molecule has 3 nitrogen and oxygen atoms in total. The van der Waals surface area contributed by atoms with E-state index in [1.165, 1.54) is 0 Å². The third-order valence-corrected chi connectivity index (χ3v) is 3.36. The molecule has 0 aromatic heterocycles. The van der Waals surface area contributed by atoms with Crippen molar-refractivity contribution in [2.24, 2.45) is 0 Å². The van der Waals surface area contributed by atoms with E-state index in [2.05, 4.69) is 22.0 Å². The van der Waals surface area contributed by atoms with Crippen LogP contribution in [-0.4, -0.2) is 18.1 Å². The molecule has 98 valence electrons. The maximum atomic E-state index is 11.1. The van der Waals surface area contributed by atoms with E-state index >= 15 is 0 Å². The second-order valence-corrected chi connectivity index (χ2v) is 5.32. The van der Waals surface area contributed by atoms with E-state index in [-0.39, 0.29) is 5.56 Å². The minimum Gasteiger partial charge on any atom is -0.478 e. The first-order valence-corrected chi connectivity index (χ1v) is 6.61. The molecule has 0 aliphatic heterocycles. The summed E-state index contributed by atoms with van der Waals surface area (Å²) in [4.78, 5) is 13.0. The van der Waals surface area contributed by atoms with Crippen molar-refractivity contribution in [3.63, 3.8) is 0 Å². The normalized spacial score (nSPS) is 10.3. The molecule has 0 spiro atoms. The molecule has 2 rings (SSSR count). The Balaban J connectivity index is 2.43. The Hall–Kier alpha value is -1.81. The highest BCUT2D eigenvalue weighted by Crippen LogP contribution is 2.28. The van der Waals surface area contributed by atoms with Crippen molar-refractivity contribution in [1.29, 1.82) is 0 Å². The number of benzene rings is 2. The van der Waals surface area contributed by atoms with Crippen LogP contribution in [0, 0.1) is 6.92 Å².